The fourth-order valence-electron chi connectivity index (χ4n) is 5.65. The zero-order valence-electron chi connectivity index (χ0n) is 23.4. The molecule has 1 aliphatic carbocycles. The van der Waals surface area contributed by atoms with Crippen LogP contribution in [0.4, 0.5) is 0 Å². The lowest BCUT2D eigenvalue weighted by molar-refractivity contribution is -0.156. The van der Waals surface area contributed by atoms with Crippen molar-refractivity contribution < 1.29 is 24.4 Å². The Labute approximate surface area is 236 Å². The summed E-state index contributed by atoms with van der Waals surface area (Å²) in [6.45, 7) is 6.54. The number of likely N-dealkylation sites (tertiary alicyclic amines) is 1. The van der Waals surface area contributed by atoms with Crippen molar-refractivity contribution in [3.05, 3.63) is 29.0 Å². The molecule has 3 rings (SSSR count). The molecule has 39 heavy (non-hydrogen) atoms. The fourth-order valence-corrected chi connectivity index (χ4v) is 5.85. The van der Waals surface area contributed by atoms with Gasteiger partial charge in [0.05, 0.1) is 18.0 Å². The maximum absolute atomic E-state index is 13.7. The van der Waals surface area contributed by atoms with Crippen molar-refractivity contribution in [2.75, 3.05) is 26.7 Å². The van der Waals surface area contributed by atoms with Crippen molar-refractivity contribution in [2.24, 2.45) is 17.3 Å². The molecule has 4 amide bonds. The molecule has 1 aromatic rings. The van der Waals surface area contributed by atoms with Crippen molar-refractivity contribution in [2.45, 2.75) is 77.8 Å². The third-order valence-corrected chi connectivity index (χ3v) is 8.33. The summed E-state index contributed by atoms with van der Waals surface area (Å²) >= 11 is 6.10. The molecule has 1 aromatic heterocycles. The minimum atomic E-state index is -0.793. The molecule has 216 valence electrons. The highest BCUT2D eigenvalue weighted by Crippen LogP contribution is 2.31. The summed E-state index contributed by atoms with van der Waals surface area (Å²) in [5.41, 5.74) is -0.211. The Morgan fingerprint density at radius 1 is 1.21 bits per heavy atom. The van der Waals surface area contributed by atoms with Gasteiger partial charge >= 0.3 is 0 Å². The van der Waals surface area contributed by atoms with Gasteiger partial charge in [0.2, 0.25) is 18.2 Å². The van der Waals surface area contributed by atoms with Crippen molar-refractivity contribution in [1.29, 1.82) is 0 Å². The van der Waals surface area contributed by atoms with Crippen LogP contribution in [0.1, 0.15) is 76.1 Å². The Balaban J connectivity index is 1.65. The van der Waals surface area contributed by atoms with Gasteiger partial charge in [0.15, 0.2) is 0 Å². The van der Waals surface area contributed by atoms with Gasteiger partial charge in [-0.1, -0.05) is 58.1 Å². The molecule has 1 saturated heterocycles. The maximum Gasteiger partial charge on any atom is 0.256 e. The van der Waals surface area contributed by atoms with Crippen LogP contribution >= 0.6 is 11.6 Å². The van der Waals surface area contributed by atoms with E-state index in [0.29, 0.717) is 55.3 Å². The van der Waals surface area contributed by atoms with Crippen LogP contribution in [0.3, 0.4) is 0 Å². The van der Waals surface area contributed by atoms with Crippen molar-refractivity contribution in [1.82, 2.24) is 25.2 Å². The van der Waals surface area contributed by atoms with Gasteiger partial charge in [-0.15, -0.1) is 0 Å². The maximum atomic E-state index is 13.7. The smallest absolute Gasteiger partial charge is 0.256 e. The van der Waals surface area contributed by atoms with E-state index in [1.54, 1.807) is 29.0 Å². The highest BCUT2D eigenvalue weighted by atomic mass is 35.5. The van der Waals surface area contributed by atoms with Crippen LogP contribution in [0.2, 0.25) is 5.15 Å². The molecule has 0 spiro atoms. The molecule has 2 heterocycles. The molecule has 2 atom stereocenters. The van der Waals surface area contributed by atoms with E-state index in [-0.39, 0.29) is 35.5 Å². The summed E-state index contributed by atoms with van der Waals surface area (Å²) in [6.07, 6.45) is 7.87. The average molecular weight is 564 g/mol. The minimum Gasteiger partial charge on any atom is -0.344 e. The number of amides is 4. The lowest BCUT2D eigenvalue weighted by Crippen LogP contribution is -2.58. The summed E-state index contributed by atoms with van der Waals surface area (Å²) in [4.78, 5) is 58.5. The molecular weight excluding hydrogens is 522 g/mol. The number of carbonyl (C=O) groups is 4. The van der Waals surface area contributed by atoms with E-state index in [0.717, 1.165) is 25.7 Å². The normalized spacial score (nSPS) is 18.4. The average Bonchev–Trinajstić information content (AvgIpc) is 3.43. The quantitative estimate of drug-likeness (QED) is 0.195. The molecule has 0 aromatic carbocycles. The molecular formula is C28H42ClN5O5. The number of halogens is 1. The predicted octanol–water partition coefficient (Wildman–Crippen LogP) is 3.37. The first-order valence-corrected chi connectivity index (χ1v) is 14.2. The second-order valence-electron chi connectivity index (χ2n) is 11.9. The number of likely N-dealkylation sites (N-methyl/N-ethyl adjacent to an activating group) is 1. The first-order valence-electron chi connectivity index (χ1n) is 13.8. The van der Waals surface area contributed by atoms with E-state index in [1.807, 2.05) is 20.8 Å². The van der Waals surface area contributed by atoms with E-state index in [1.165, 1.54) is 6.20 Å². The molecule has 0 radical (unpaired) electrons. The first kappa shape index (κ1) is 30.8. The highest BCUT2D eigenvalue weighted by Gasteiger charge is 2.39. The number of rotatable bonds is 10. The number of pyridine rings is 1. The van der Waals surface area contributed by atoms with Crippen molar-refractivity contribution in [3.8, 4) is 0 Å². The van der Waals surface area contributed by atoms with Gasteiger partial charge in [-0.05, 0) is 42.7 Å². The summed E-state index contributed by atoms with van der Waals surface area (Å²) in [5.74, 6) is -0.964. The van der Waals surface area contributed by atoms with E-state index in [4.69, 9.17) is 11.6 Å². The van der Waals surface area contributed by atoms with Gasteiger partial charge in [-0.3, -0.25) is 24.4 Å². The Hall–Kier alpha value is -2.72. The largest absolute Gasteiger partial charge is 0.344 e. The Morgan fingerprint density at radius 2 is 1.85 bits per heavy atom. The molecule has 2 N–H and O–H groups in total. The van der Waals surface area contributed by atoms with E-state index in [2.05, 4.69) is 10.3 Å². The van der Waals surface area contributed by atoms with E-state index in [9.17, 15) is 24.4 Å². The van der Waals surface area contributed by atoms with Crippen molar-refractivity contribution in [3.63, 3.8) is 0 Å². The highest BCUT2D eigenvalue weighted by molar-refractivity contribution is 6.32. The molecule has 2 aliphatic rings. The van der Waals surface area contributed by atoms with Gasteiger partial charge < -0.3 is 15.1 Å². The fraction of sp³-hybridized carbons (Fsp3) is 0.679. The van der Waals surface area contributed by atoms with Crippen LogP contribution in [0.5, 0.6) is 0 Å². The Bertz CT molecular complexity index is 1020. The van der Waals surface area contributed by atoms with Crippen LogP contribution < -0.4 is 5.32 Å². The SMILES string of the molecule is CN(C(=O)[C@@H](NC(=O)[C@H](CC1CCCC1)CN(O)C=O)C(C)(C)C)C1CCN(C(=O)c2cccnc2Cl)CC1. The van der Waals surface area contributed by atoms with Gasteiger partial charge in [0.25, 0.3) is 5.91 Å². The number of hydrogen-bond acceptors (Lipinski definition) is 6. The minimum absolute atomic E-state index is 0.0926. The lowest BCUT2D eigenvalue weighted by atomic mass is 9.84. The van der Waals surface area contributed by atoms with Gasteiger partial charge in [0.1, 0.15) is 11.2 Å². The number of piperidine rings is 1. The second-order valence-corrected chi connectivity index (χ2v) is 12.3. The van der Waals surface area contributed by atoms with Gasteiger partial charge in [0, 0.05) is 32.4 Å². The summed E-state index contributed by atoms with van der Waals surface area (Å²) in [7, 11) is 1.74. The summed E-state index contributed by atoms with van der Waals surface area (Å²) in [5, 5.41) is 13.5. The summed E-state index contributed by atoms with van der Waals surface area (Å²) < 4.78 is 0. The first-order chi connectivity index (χ1) is 18.4. The number of hydroxylamine groups is 2. The van der Waals surface area contributed by atoms with E-state index >= 15 is 0 Å². The third kappa shape index (κ3) is 8.14. The number of nitrogens with zero attached hydrogens (tertiary/aromatic N) is 4. The Kier molecular flexibility index (Phi) is 10.7. The number of aromatic nitrogens is 1. The molecule has 11 heteroatoms. The van der Waals surface area contributed by atoms with Crippen LogP contribution in [0, 0.1) is 17.3 Å². The topological polar surface area (TPSA) is 123 Å². The molecule has 1 saturated carbocycles. The molecule has 2 fully saturated rings. The number of nitrogens with one attached hydrogen (secondary N) is 1. The number of carbonyl (C=O) groups excluding carboxylic acids is 4. The van der Waals surface area contributed by atoms with Crippen LogP contribution in [-0.2, 0) is 14.4 Å². The predicted molar refractivity (Wildman–Crippen MR) is 147 cm³/mol. The van der Waals surface area contributed by atoms with Crippen LogP contribution in [-0.4, -0.2) is 88.0 Å². The number of hydrogen-bond donors (Lipinski definition) is 2. The monoisotopic (exact) mass is 563 g/mol. The summed E-state index contributed by atoms with van der Waals surface area (Å²) in [6, 6.07) is 2.44. The zero-order chi connectivity index (χ0) is 28.7. The molecule has 0 bridgehead atoms. The molecule has 10 nitrogen and oxygen atoms in total. The van der Waals surface area contributed by atoms with Crippen molar-refractivity contribution >= 4 is 35.7 Å². The molecule has 1 aliphatic heterocycles. The third-order valence-electron chi connectivity index (χ3n) is 8.03. The van der Waals surface area contributed by atoms with Gasteiger partial charge in [-0.25, -0.2) is 10.0 Å². The lowest BCUT2D eigenvalue weighted by Gasteiger charge is -2.40. The second kappa shape index (κ2) is 13.6. The Morgan fingerprint density at radius 3 is 2.41 bits per heavy atom. The zero-order valence-corrected chi connectivity index (χ0v) is 24.2. The van der Waals surface area contributed by atoms with E-state index < -0.39 is 17.4 Å². The standard InChI is InChI=1S/C28H42ClN5O5/c1-28(2,3)23(31-25(36)20(17-34(39)18-35)16-19-8-5-6-9-19)27(38)32(4)21-11-14-33(15-12-21)26(37)22-10-7-13-30-24(22)29/h7,10,13,18-21,23,39H,5-6,8-9,11-12,14-17H2,1-4H3,(H,31,36)/t20-,23-/m1/s1. The van der Waals surface area contributed by atoms with Crippen LogP contribution in [0.15, 0.2) is 18.3 Å². The molecule has 0 unspecified atom stereocenters. The van der Waals surface area contributed by atoms with Gasteiger partial charge in [-0.2, -0.15) is 0 Å². The van der Waals surface area contributed by atoms with Crippen LogP contribution in [0.25, 0.3) is 0 Å².